The van der Waals surface area contributed by atoms with Gasteiger partial charge in [-0.25, -0.2) is 0 Å². The minimum Gasteiger partial charge on any atom is -0.463 e. The summed E-state index contributed by atoms with van der Waals surface area (Å²) >= 11 is 0. The van der Waals surface area contributed by atoms with E-state index in [1.165, 1.54) is 19.8 Å². The van der Waals surface area contributed by atoms with Crippen LogP contribution in [0.15, 0.2) is 0 Å². The number of hydrogen-bond acceptors (Lipinski definition) is 2. The van der Waals surface area contributed by atoms with E-state index in [0.29, 0.717) is 0 Å². The van der Waals surface area contributed by atoms with Gasteiger partial charge in [0.2, 0.25) is 0 Å². The van der Waals surface area contributed by atoms with E-state index >= 15 is 0 Å². The molecule has 90 valence electrons. The molecule has 0 aromatic rings. The monoisotopic (exact) mass is 214 g/mol. The molecule has 0 aliphatic carbocycles. The largest absolute Gasteiger partial charge is 0.463 e. The summed E-state index contributed by atoms with van der Waals surface area (Å²) in [5, 5.41) is 0. The van der Waals surface area contributed by atoms with Crippen molar-refractivity contribution in [3.05, 3.63) is 0 Å². The van der Waals surface area contributed by atoms with Gasteiger partial charge in [-0.15, -0.1) is 0 Å². The van der Waals surface area contributed by atoms with Crippen LogP contribution in [0.25, 0.3) is 0 Å². The van der Waals surface area contributed by atoms with Crippen LogP contribution in [0.3, 0.4) is 0 Å². The quantitative estimate of drug-likeness (QED) is 0.603. The lowest BCUT2D eigenvalue weighted by Crippen LogP contribution is -2.12. The zero-order valence-electron chi connectivity index (χ0n) is 10.9. The maximum atomic E-state index is 10.7. The number of carbonyl (C=O) groups is 1. The number of rotatable bonds is 7. The number of esters is 1. The van der Waals surface area contributed by atoms with Gasteiger partial charge in [0.1, 0.15) is 0 Å². The van der Waals surface area contributed by atoms with Crippen molar-refractivity contribution in [1.29, 1.82) is 0 Å². The topological polar surface area (TPSA) is 26.3 Å². The van der Waals surface area contributed by atoms with E-state index in [-0.39, 0.29) is 12.1 Å². The van der Waals surface area contributed by atoms with E-state index in [0.717, 1.165) is 24.7 Å². The van der Waals surface area contributed by atoms with Crippen molar-refractivity contribution in [3.63, 3.8) is 0 Å². The van der Waals surface area contributed by atoms with Crippen LogP contribution in [0, 0.1) is 11.8 Å². The normalized spacial score (nSPS) is 15.1. The zero-order valence-corrected chi connectivity index (χ0v) is 10.9. The average molecular weight is 214 g/mol. The van der Waals surface area contributed by atoms with Crippen LogP contribution in [0.2, 0.25) is 0 Å². The Hall–Kier alpha value is -0.530. The molecule has 0 bridgehead atoms. The van der Waals surface area contributed by atoms with Crippen molar-refractivity contribution in [2.45, 2.75) is 66.4 Å². The van der Waals surface area contributed by atoms with Gasteiger partial charge in [0.05, 0.1) is 6.10 Å². The molecule has 0 amide bonds. The molecule has 2 atom stereocenters. The molecule has 2 nitrogen and oxygen atoms in total. The first-order valence-corrected chi connectivity index (χ1v) is 6.09. The van der Waals surface area contributed by atoms with Gasteiger partial charge in [-0.1, -0.05) is 27.2 Å². The summed E-state index contributed by atoms with van der Waals surface area (Å²) in [6, 6.07) is 0. The summed E-state index contributed by atoms with van der Waals surface area (Å²) in [6.07, 6.45) is 4.75. The van der Waals surface area contributed by atoms with Crippen LogP contribution < -0.4 is 0 Å². The van der Waals surface area contributed by atoms with Crippen molar-refractivity contribution in [3.8, 4) is 0 Å². The fourth-order valence-electron chi connectivity index (χ4n) is 2.02. The second kappa shape index (κ2) is 7.72. The molecule has 0 aliphatic heterocycles. The molecule has 0 saturated heterocycles. The SMILES string of the molecule is CC(=O)OC(C)CCCC(C)CC(C)C. The van der Waals surface area contributed by atoms with Crippen molar-refractivity contribution >= 4 is 5.97 Å². The third kappa shape index (κ3) is 9.77. The van der Waals surface area contributed by atoms with Gasteiger partial charge in [-0.3, -0.25) is 4.79 Å². The molecule has 0 aromatic heterocycles. The van der Waals surface area contributed by atoms with Gasteiger partial charge >= 0.3 is 5.97 Å². The van der Waals surface area contributed by atoms with Gasteiger partial charge < -0.3 is 4.74 Å². The first-order chi connectivity index (χ1) is 6.91. The minimum atomic E-state index is -0.169. The Morgan fingerprint density at radius 3 is 2.20 bits per heavy atom. The van der Waals surface area contributed by atoms with Crippen LogP contribution in [-0.4, -0.2) is 12.1 Å². The van der Waals surface area contributed by atoms with Crippen molar-refractivity contribution < 1.29 is 9.53 Å². The van der Waals surface area contributed by atoms with Crippen LogP contribution in [0.4, 0.5) is 0 Å². The Kier molecular flexibility index (Phi) is 7.45. The maximum absolute atomic E-state index is 10.7. The summed E-state index contributed by atoms with van der Waals surface area (Å²) in [5.74, 6) is 1.40. The molecule has 0 heterocycles. The van der Waals surface area contributed by atoms with Gasteiger partial charge in [0.25, 0.3) is 0 Å². The Bertz CT molecular complexity index is 175. The van der Waals surface area contributed by atoms with E-state index < -0.39 is 0 Å². The Balaban J connectivity index is 3.48. The van der Waals surface area contributed by atoms with E-state index in [1.54, 1.807) is 0 Å². The summed E-state index contributed by atoms with van der Waals surface area (Å²) in [6.45, 7) is 10.3. The highest BCUT2D eigenvalue weighted by molar-refractivity contribution is 5.66. The maximum Gasteiger partial charge on any atom is 0.302 e. The van der Waals surface area contributed by atoms with Crippen LogP contribution in [0.5, 0.6) is 0 Å². The lowest BCUT2D eigenvalue weighted by Gasteiger charge is -2.15. The zero-order chi connectivity index (χ0) is 11.8. The lowest BCUT2D eigenvalue weighted by molar-refractivity contribution is -0.145. The van der Waals surface area contributed by atoms with Gasteiger partial charge in [0, 0.05) is 6.92 Å². The molecular formula is C13H26O2. The predicted octanol–water partition coefficient (Wildman–Crippen LogP) is 3.79. The molecule has 0 N–H and O–H groups in total. The van der Waals surface area contributed by atoms with Gasteiger partial charge in [0.15, 0.2) is 0 Å². The molecule has 0 aromatic carbocycles. The van der Waals surface area contributed by atoms with Crippen LogP contribution in [-0.2, 0) is 9.53 Å². The highest BCUT2D eigenvalue weighted by atomic mass is 16.5. The molecule has 0 aliphatic rings. The molecule has 2 heteroatoms. The second-order valence-electron chi connectivity index (χ2n) is 5.09. The van der Waals surface area contributed by atoms with Crippen LogP contribution >= 0.6 is 0 Å². The summed E-state index contributed by atoms with van der Waals surface area (Å²) in [5.41, 5.74) is 0. The molecule has 2 unspecified atom stereocenters. The number of hydrogen-bond donors (Lipinski definition) is 0. The van der Waals surface area contributed by atoms with Gasteiger partial charge in [-0.2, -0.15) is 0 Å². The average Bonchev–Trinajstić information content (AvgIpc) is 2.00. The van der Waals surface area contributed by atoms with Crippen molar-refractivity contribution in [2.75, 3.05) is 0 Å². The van der Waals surface area contributed by atoms with E-state index in [2.05, 4.69) is 20.8 Å². The van der Waals surface area contributed by atoms with Crippen LogP contribution in [0.1, 0.15) is 60.3 Å². The second-order valence-corrected chi connectivity index (χ2v) is 5.09. The fraction of sp³-hybridized carbons (Fsp3) is 0.923. The molecule has 15 heavy (non-hydrogen) atoms. The smallest absolute Gasteiger partial charge is 0.302 e. The summed E-state index contributed by atoms with van der Waals surface area (Å²) in [7, 11) is 0. The highest BCUT2D eigenvalue weighted by Gasteiger charge is 2.08. The Morgan fingerprint density at radius 2 is 1.73 bits per heavy atom. The van der Waals surface area contributed by atoms with Crippen molar-refractivity contribution in [1.82, 2.24) is 0 Å². The van der Waals surface area contributed by atoms with Crippen molar-refractivity contribution in [2.24, 2.45) is 11.8 Å². The highest BCUT2D eigenvalue weighted by Crippen LogP contribution is 2.18. The first kappa shape index (κ1) is 14.5. The predicted molar refractivity (Wildman–Crippen MR) is 63.7 cm³/mol. The summed E-state index contributed by atoms with van der Waals surface area (Å²) in [4.78, 5) is 10.7. The third-order valence-corrected chi connectivity index (χ3v) is 2.55. The number of ether oxygens (including phenoxy) is 1. The molecular weight excluding hydrogens is 188 g/mol. The first-order valence-electron chi connectivity index (χ1n) is 6.09. The molecule has 0 spiro atoms. The fourth-order valence-corrected chi connectivity index (χ4v) is 2.02. The van der Waals surface area contributed by atoms with E-state index in [9.17, 15) is 4.79 Å². The standard InChI is InChI=1S/C13H26O2/c1-10(2)9-11(3)7-6-8-12(4)15-13(5)14/h10-12H,6-9H2,1-5H3. The lowest BCUT2D eigenvalue weighted by atomic mass is 9.93. The Morgan fingerprint density at radius 1 is 1.13 bits per heavy atom. The van der Waals surface area contributed by atoms with E-state index in [4.69, 9.17) is 4.74 Å². The minimum absolute atomic E-state index is 0.0775. The molecule has 0 radical (unpaired) electrons. The summed E-state index contributed by atoms with van der Waals surface area (Å²) < 4.78 is 5.07. The number of carbonyl (C=O) groups excluding carboxylic acids is 1. The van der Waals surface area contributed by atoms with E-state index in [1.807, 2.05) is 6.92 Å². The molecule has 0 fully saturated rings. The third-order valence-electron chi connectivity index (χ3n) is 2.55. The molecule has 0 rings (SSSR count). The molecule has 0 saturated carbocycles. The van der Waals surface area contributed by atoms with Gasteiger partial charge in [-0.05, 0) is 38.0 Å². The Labute approximate surface area is 94.4 Å².